The first-order valence-corrected chi connectivity index (χ1v) is 12.9. The van der Waals surface area contributed by atoms with E-state index in [1.54, 1.807) is 24.9 Å². The summed E-state index contributed by atoms with van der Waals surface area (Å²) in [6.07, 6.45) is 5.99. The van der Waals surface area contributed by atoms with E-state index in [1.807, 2.05) is 34.7 Å². The third-order valence-electron chi connectivity index (χ3n) is 7.38. The van der Waals surface area contributed by atoms with Crippen LogP contribution in [0.3, 0.4) is 0 Å². The van der Waals surface area contributed by atoms with Gasteiger partial charge in [0.05, 0.1) is 12.1 Å². The molecule has 0 saturated carbocycles. The van der Waals surface area contributed by atoms with E-state index in [9.17, 15) is 19.2 Å². The Morgan fingerprint density at radius 1 is 0.971 bits per heavy atom. The number of nitrogens with one attached hydrogen (secondary N) is 1. The van der Waals surface area contributed by atoms with Gasteiger partial charge in [-0.25, -0.2) is 0 Å². The molecule has 198 valence electrons. The fraction of sp³-hybridized carbons (Fsp3) is 0.769. The third-order valence-corrected chi connectivity index (χ3v) is 7.38. The van der Waals surface area contributed by atoms with Crippen molar-refractivity contribution in [2.75, 3.05) is 27.2 Å². The Bertz CT molecular complexity index is 825. The Balaban J connectivity index is 2.19. The summed E-state index contributed by atoms with van der Waals surface area (Å²) in [5.41, 5.74) is 5.96. The van der Waals surface area contributed by atoms with Crippen LogP contribution in [0, 0.1) is 11.8 Å². The second-order valence-corrected chi connectivity index (χ2v) is 10.8. The molecule has 0 bridgehead atoms. The minimum Gasteiger partial charge on any atom is -0.368 e. The Morgan fingerprint density at radius 2 is 1.60 bits per heavy atom. The van der Waals surface area contributed by atoms with Gasteiger partial charge in [0.2, 0.25) is 23.6 Å². The number of nitrogens with two attached hydrogens (primary N) is 1. The SMILES string of the molecule is C/C(=C\[C@H](C(C)C)N(C)C(=O)C(NC(=O)C1CCCCN1C)C(C)C)C(=O)N1CCCC1C(N)=O. The molecule has 3 N–H and O–H groups in total. The van der Waals surface area contributed by atoms with Crippen molar-refractivity contribution in [3.63, 3.8) is 0 Å². The number of carbonyl (C=O) groups excluding carboxylic acids is 4. The van der Waals surface area contributed by atoms with Gasteiger partial charge in [-0.3, -0.25) is 24.1 Å². The van der Waals surface area contributed by atoms with Gasteiger partial charge in [-0.05, 0) is 58.0 Å². The Morgan fingerprint density at radius 3 is 2.14 bits per heavy atom. The lowest BCUT2D eigenvalue weighted by molar-refractivity contribution is -0.139. The van der Waals surface area contributed by atoms with Crippen LogP contribution in [0.15, 0.2) is 11.6 Å². The molecule has 2 rings (SSSR count). The highest BCUT2D eigenvalue weighted by Crippen LogP contribution is 2.22. The maximum Gasteiger partial charge on any atom is 0.249 e. The van der Waals surface area contributed by atoms with Gasteiger partial charge < -0.3 is 20.9 Å². The number of nitrogens with zero attached hydrogens (tertiary/aromatic N) is 3. The van der Waals surface area contributed by atoms with Crippen LogP contribution in [0.4, 0.5) is 0 Å². The smallest absolute Gasteiger partial charge is 0.249 e. The molecule has 3 unspecified atom stereocenters. The molecule has 2 saturated heterocycles. The van der Waals surface area contributed by atoms with Gasteiger partial charge in [0.1, 0.15) is 12.1 Å². The molecule has 4 atom stereocenters. The largest absolute Gasteiger partial charge is 0.368 e. The van der Waals surface area contributed by atoms with Gasteiger partial charge in [-0.2, -0.15) is 0 Å². The first-order chi connectivity index (χ1) is 16.4. The van der Waals surface area contributed by atoms with Crippen LogP contribution in [0.25, 0.3) is 0 Å². The van der Waals surface area contributed by atoms with Crippen LogP contribution in [0.1, 0.15) is 66.7 Å². The van der Waals surface area contributed by atoms with Crippen molar-refractivity contribution in [1.82, 2.24) is 20.0 Å². The molecule has 0 aromatic rings. The van der Waals surface area contributed by atoms with E-state index in [0.29, 0.717) is 18.5 Å². The van der Waals surface area contributed by atoms with E-state index in [2.05, 4.69) is 10.2 Å². The molecule has 9 heteroatoms. The number of likely N-dealkylation sites (N-methyl/N-ethyl adjacent to an activating group) is 2. The summed E-state index contributed by atoms with van der Waals surface area (Å²) in [4.78, 5) is 56.7. The number of likely N-dealkylation sites (tertiary alicyclic amines) is 2. The summed E-state index contributed by atoms with van der Waals surface area (Å²) in [5.74, 6) is -1.07. The van der Waals surface area contributed by atoms with Gasteiger partial charge in [0.25, 0.3) is 0 Å². The van der Waals surface area contributed by atoms with Gasteiger partial charge in [0, 0.05) is 19.2 Å². The second-order valence-electron chi connectivity index (χ2n) is 10.8. The Kier molecular flexibility index (Phi) is 10.3. The molecule has 2 aliphatic heterocycles. The topological polar surface area (TPSA) is 116 Å². The number of carbonyl (C=O) groups is 4. The molecule has 9 nitrogen and oxygen atoms in total. The summed E-state index contributed by atoms with van der Waals surface area (Å²) in [5, 5.41) is 3.01. The number of amides is 4. The molecule has 0 aromatic heterocycles. The number of hydrogen-bond donors (Lipinski definition) is 2. The minimum atomic E-state index is -0.661. The highest BCUT2D eigenvalue weighted by molar-refractivity contribution is 5.97. The van der Waals surface area contributed by atoms with E-state index < -0.39 is 18.0 Å². The van der Waals surface area contributed by atoms with Crippen LogP contribution in [-0.4, -0.2) is 89.7 Å². The maximum absolute atomic E-state index is 13.6. The van der Waals surface area contributed by atoms with Crippen LogP contribution in [0.5, 0.6) is 0 Å². The second kappa shape index (κ2) is 12.5. The van der Waals surface area contributed by atoms with Gasteiger partial charge in [0.15, 0.2) is 0 Å². The normalized spacial score (nSPS) is 23.3. The van der Waals surface area contributed by atoms with Crippen LogP contribution in [-0.2, 0) is 19.2 Å². The highest BCUT2D eigenvalue weighted by Gasteiger charge is 2.36. The zero-order valence-electron chi connectivity index (χ0n) is 22.5. The summed E-state index contributed by atoms with van der Waals surface area (Å²) < 4.78 is 0. The van der Waals surface area contributed by atoms with Gasteiger partial charge in [-0.1, -0.05) is 40.2 Å². The molecule has 4 amide bonds. The van der Waals surface area contributed by atoms with Crippen molar-refractivity contribution >= 4 is 23.6 Å². The molecule has 0 aliphatic carbocycles. The minimum absolute atomic E-state index is 0.0326. The van der Waals surface area contributed by atoms with E-state index in [4.69, 9.17) is 5.73 Å². The Hall–Kier alpha value is -2.42. The Labute approximate surface area is 210 Å². The van der Waals surface area contributed by atoms with Crippen molar-refractivity contribution in [3.8, 4) is 0 Å². The maximum atomic E-state index is 13.6. The molecule has 35 heavy (non-hydrogen) atoms. The standard InChI is InChI=1S/C26H45N5O4/c1-16(2)21(15-18(5)25(34)31-14-10-12-19(31)23(27)32)30(7)26(35)22(17(3)4)28-24(33)20-11-8-9-13-29(20)6/h15-17,19-22H,8-14H2,1-7H3,(H2,27,32)(H,28,33)/b18-15+/t19?,20?,21-,22?/m1/s1. The molecule has 0 aromatic carbocycles. The lowest BCUT2D eigenvalue weighted by atomic mass is 9.96. The van der Waals surface area contributed by atoms with Crippen molar-refractivity contribution < 1.29 is 19.2 Å². The molecule has 0 radical (unpaired) electrons. The zero-order chi connectivity index (χ0) is 26.4. The summed E-state index contributed by atoms with van der Waals surface area (Å²) >= 11 is 0. The van der Waals surface area contributed by atoms with Crippen molar-refractivity contribution in [2.24, 2.45) is 17.6 Å². The number of primary amides is 1. The fourth-order valence-electron chi connectivity index (χ4n) is 5.15. The highest BCUT2D eigenvalue weighted by atomic mass is 16.2. The summed E-state index contributed by atoms with van der Waals surface area (Å²) in [6.45, 7) is 10.9. The molecule has 2 fully saturated rings. The van der Waals surface area contributed by atoms with E-state index in [1.165, 1.54) is 4.90 Å². The third kappa shape index (κ3) is 7.06. The predicted octanol–water partition coefficient (Wildman–Crippen LogP) is 1.52. The lowest BCUT2D eigenvalue weighted by Crippen LogP contribution is -2.57. The van der Waals surface area contributed by atoms with Crippen molar-refractivity contribution in [2.45, 2.75) is 90.9 Å². The molecule has 0 spiro atoms. The first kappa shape index (κ1) is 28.8. The molecule has 2 heterocycles. The summed E-state index contributed by atoms with van der Waals surface area (Å²) in [6, 6.07) is -1.81. The summed E-state index contributed by atoms with van der Waals surface area (Å²) in [7, 11) is 3.67. The van der Waals surface area contributed by atoms with E-state index >= 15 is 0 Å². The van der Waals surface area contributed by atoms with Crippen LogP contribution >= 0.6 is 0 Å². The van der Waals surface area contributed by atoms with Gasteiger partial charge in [-0.15, -0.1) is 0 Å². The van der Waals surface area contributed by atoms with Gasteiger partial charge >= 0.3 is 0 Å². The predicted molar refractivity (Wildman–Crippen MR) is 136 cm³/mol. The van der Waals surface area contributed by atoms with Crippen molar-refractivity contribution in [3.05, 3.63) is 11.6 Å². The molecule has 2 aliphatic rings. The monoisotopic (exact) mass is 491 g/mol. The average molecular weight is 492 g/mol. The first-order valence-electron chi connectivity index (χ1n) is 12.9. The fourth-order valence-corrected chi connectivity index (χ4v) is 5.15. The number of rotatable bonds is 9. The lowest BCUT2D eigenvalue weighted by Gasteiger charge is -2.36. The van der Waals surface area contributed by atoms with Crippen LogP contribution < -0.4 is 11.1 Å². The van der Waals surface area contributed by atoms with Crippen molar-refractivity contribution in [1.29, 1.82) is 0 Å². The van der Waals surface area contributed by atoms with E-state index in [0.717, 1.165) is 32.2 Å². The number of hydrogen-bond acceptors (Lipinski definition) is 5. The van der Waals surface area contributed by atoms with Crippen LogP contribution in [0.2, 0.25) is 0 Å². The average Bonchev–Trinajstić information content (AvgIpc) is 3.29. The molecular weight excluding hydrogens is 446 g/mol. The quantitative estimate of drug-likeness (QED) is 0.475. The zero-order valence-corrected chi connectivity index (χ0v) is 22.5. The molecular formula is C26H45N5O4. The van der Waals surface area contributed by atoms with E-state index in [-0.39, 0.29) is 41.6 Å². The number of piperidine rings is 1.